The maximum atomic E-state index is 12.9. The number of pyridine rings is 2. The summed E-state index contributed by atoms with van der Waals surface area (Å²) < 4.78 is 2.24. The molecule has 3 aromatic rings. The van der Waals surface area contributed by atoms with Crippen molar-refractivity contribution in [2.45, 2.75) is 26.3 Å². The third-order valence-corrected chi connectivity index (χ3v) is 4.95. The van der Waals surface area contributed by atoms with Gasteiger partial charge in [-0.3, -0.25) is 14.8 Å². The van der Waals surface area contributed by atoms with Crippen molar-refractivity contribution in [3.05, 3.63) is 66.0 Å². The number of imidazole rings is 1. The number of aromatic nitrogens is 4. The van der Waals surface area contributed by atoms with Crippen molar-refractivity contribution in [1.82, 2.24) is 24.4 Å². The summed E-state index contributed by atoms with van der Waals surface area (Å²) in [5.41, 5.74) is 3.55. The highest BCUT2D eigenvalue weighted by molar-refractivity contribution is 5.95. The molecule has 6 heteroatoms. The molecule has 3 aromatic heterocycles. The zero-order valence-corrected chi connectivity index (χ0v) is 15.0. The standard InChI is InChI=1S/C20H21N5O/c1-14-11-23-19(16-5-3-8-21-12-16)25(14)17-7-10-24(13-17)20(26)18-6-4-9-22-15(18)2/h3-6,8-9,11-12,17H,7,10,13H2,1-2H3. The summed E-state index contributed by atoms with van der Waals surface area (Å²) in [5, 5.41) is 0. The van der Waals surface area contributed by atoms with Gasteiger partial charge in [-0.05, 0) is 44.5 Å². The van der Waals surface area contributed by atoms with Gasteiger partial charge in [0.1, 0.15) is 5.82 Å². The fraction of sp³-hybridized carbons (Fsp3) is 0.300. The van der Waals surface area contributed by atoms with Crippen LogP contribution in [-0.4, -0.2) is 43.4 Å². The van der Waals surface area contributed by atoms with Crippen molar-refractivity contribution < 1.29 is 4.79 Å². The van der Waals surface area contributed by atoms with E-state index in [-0.39, 0.29) is 11.9 Å². The lowest BCUT2D eigenvalue weighted by molar-refractivity contribution is 0.0786. The number of aryl methyl sites for hydroxylation is 2. The molecule has 0 aliphatic carbocycles. The summed E-state index contributed by atoms with van der Waals surface area (Å²) in [4.78, 5) is 27.8. The van der Waals surface area contributed by atoms with Gasteiger partial charge in [0.25, 0.3) is 5.91 Å². The molecule has 0 radical (unpaired) electrons. The highest BCUT2D eigenvalue weighted by Crippen LogP contribution is 2.30. The Balaban J connectivity index is 1.60. The van der Waals surface area contributed by atoms with Crippen LogP contribution in [0.1, 0.15) is 34.2 Å². The molecule has 0 spiro atoms. The van der Waals surface area contributed by atoms with Crippen molar-refractivity contribution in [3.8, 4) is 11.4 Å². The average Bonchev–Trinajstić information content (AvgIpc) is 3.29. The molecule has 0 aromatic carbocycles. The molecule has 0 N–H and O–H groups in total. The maximum Gasteiger partial charge on any atom is 0.255 e. The number of carbonyl (C=O) groups excluding carboxylic acids is 1. The van der Waals surface area contributed by atoms with E-state index in [1.54, 1.807) is 12.4 Å². The Kier molecular flexibility index (Phi) is 4.24. The van der Waals surface area contributed by atoms with Gasteiger partial charge in [0.2, 0.25) is 0 Å². The lowest BCUT2D eigenvalue weighted by Crippen LogP contribution is -2.30. The van der Waals surface area contributed by atoms with E-state index in [2.05, 4.69) is 26.4 Å². The molecule has 1 aliphatic rings. The molecular weight excluding hydrogens is 326 g/mol. The van der Waals surface area contributed by atoms with Gasteiger partial charge in [0, 0.05) is 54.8 Å². The van der Waals surface area contributed by atoms with Crippen molar-refractivity contribution >= 4 is 5.91 Å². The lowest BCUT2D eigenvalue weighted by atomic mass is 10.2. The summed E-state index contributed by atoms with van der Waals surface area (Å²) in [7, 11) is 0. The van der Waals surface area contributed by atoms with E-state index in [0.717, 1.165) is 35.7 Å². The molecule has 4 heterocycles. The van der Waals surface area contributed by atoms with Gasteiger partial charge < -0.3 is 9.47 Å². The van der Waals surface area contributed by atoms with Crippen molar-refractivity contribution in [3.63, 3.8) is 0 Å². The van der Waals surface area contributed by atoms with Crippen LogP contribution in [0.2, 0.25) is 0 Å². The van der Waals surface area contributed by atoms with E-state index in [1.807, 2.05) is 48.5 Å². The van der Waals surface area contributed by atoms with Gasteiger partial charge in [-0.1, -0.05) is 0 Å². The molecule has 1 aliphatic heterocycles. The summed E-state index contributed by atoms with van der Waals surface area (Å²) in [5.74, 6) is 0.964. The second kappa shape index (κ2) is 6.71. The number of hydrogen-bond donors (Lipinski definition) is 0. The number of hydrogen-bond acceptors (Lipinski definition) is 4. The van der Waals surface area contributed by atoms with Crippen LogP contribution in [0, 0.1) is 13.8 Å². The molecule has 1 amide bonds. The van der Waals surface area contributed by atoms with E-state index in [1.165, 1.54) is 0 Å². The molecule has 1 unspecified atom stereocenters. The second-order valence-corrected chi connectivity index (χ2v) is 6.66. The third-order valence-electron chi connectivity index (χ3n) is 4.95. The van der Waals surface area contributed by atoms with Gasteiger partial charge in [-0.15, -0.1) is 0 Å². The first kappa shape index (κ1) is 16.4. The van der Waals surface area contributed by atoms with E-state index in [9.17, 15) is 4.79 Å². The van der Waals surface area contributed by atoms with Gasteiger partial charge >= 0.3 is 0 Å². The molecule has 0 bridgehead atoms. The monoisotopic (exact) mass is 347 g/mol. The van der Waals surface area contributed by atoms with Crippen LogP contribution in [0.3, 0.4) is 0 Å². The normalized spacial score (nSPS) is 16.8. The zero-order chi connectivity index (χ0) is 18.1. The number of rotatable bonds is 3. The van der Waals surface area contributed by atoms with Crippen LogP contribution in [0.4, 0.5) is 0 Å². The van der Waals surface area contributed by atoms with E-state index < -0.39 is 0 Å². The minimum atomic E-state index is 0.0544. The van der Waals surface area contributed by atoms with Crippen LogP contribution >= 0.6 is 0 Å². The highest BCUT2D eigenvalue weighted by atomic mass is 16.2. The van der Waals surface area contributed by atoms with Crippen LogP contribution in [0.5, 0.6) is 0 Å². The van der Waals surface area contributed by atoms with Crippen LogP contribution in [0.25, 0.3) is 11.4 Å². The van der Waals surface area contributed by atoms with Crippen LogP contribution < -0.4 is 0 Å². The Morgan fingerprint density at radius 3 is 2.73 bits per heavy atom. The Morgan fingerprint density at radius 1 is 1.12 bits per heavy atom. The Hall–Kier alpha value is -3.02. The molecule has 1 fully saturated rings. The lowest BCUT2D eigenvalue weighted by Gasteiger charge is -2.20. The fourth-order valence-electron chi connectivity index (χ4n) is 3.63. The highest BCUT2D eigenvalue weighted by Gasteiger charge is 2.30. The minimum absolute atomic E-state index is 0.0544. The largest absolute Gasteiger partial charge is 0.336 e. The number of amides is 1. The first-order valence-electron chi connectivity index (χ1n) is 8.80. The molecule has 6 nitrogen and oxygen atoms in total. The van der Waals surface area contributed by atoms with Crippen molar-refractivity contribution in [2.24, 2.45) is 0 Å². The summed E-state index contributed by atoms with van der Waals surface area (Å²) in [6.45, 7) is 5.35. The molecule has 26 heavy (non-hydrogen) atoms. The maximum absolute atomic E-state index is 12.9. The average molecular weight is 347 g/mol. The predicted molar refractivity (Wildman–Crippen MR) is 98.7 cm³/mol. The van der Waals surface area contributed by atoms with E-state index in [0.29, 0.717) is 12.1 Å². The van der Waals surface area contributed by atoms with Crippen LogP contribution in [-0.2, 0) is 0 Å². The first-order chi connectivity index (χ1) is 12.6. The van der Waals surface area contributed by atoms with E-state index in [4.69, 9.17) is 0 Å². The fourth-order valence-corrected chi connectivity index (χ4v) is 3.63. The molecule has 1 saturated heterocycles. The summed E-state index contributed by atoms with van der Waals surface area (Å²) >= 11 is 0. The smallest absolute Gasteiger partial charge is 0.255 e. The number of carbonyl (C=O) groups is 1. The number of likely N-dealkylation sites (tertiary alicyclic amines) is 1. The minimum Gasteiger partial charge on any atom is -0.336 e. The van der Waals surface area contributed by atoms with E-state index >= 15 is 0 Å². The SMILES string of the molecule is Cc1ncccc1C(=O)N1CCC(n2c(C)cnc2-c2cccnc2)C1. The van der Waals surface area contributed by atoms with Crippen molar-refractivity contribution in [1.29, 1.82) is 0 Å². The molecular formula is C20H21N5O. The third kappa shape index (κ3) is 2.87. The molecule has 132 valence electrons. The summed E-state index contributed by atoms with van der Waals surface area (Å²) in [6, 6.07) is 7.81. The quantitative estimate of drug-likeness (QED) is 0.730. The van der Waals surface area contributed by atoms with Crippen LogP contribution in [0.15, 0.2) is 49.1 Å². The van der Waals surface area contributed by atoms with Crippen molar-refractivity contribution in [2.75, 3.05) is 13.1 Å². The zero-order valence-electron chi connectivity index (χ0n) is 15.0. The van der Waals surface area contributed by atoms with Gasteiger partial charge in [-0.25, -0.2) is 4.98 Å². The predicted octanol–water partition coefficient (Wildman–Crippen LogP) is 3.04. The van der Waals surface area contributed by atoms with Gasteiger partial charge in [0.15, 0.2) is 0 Å². The second-order valence-electron chi connectivity index (χ2n) is 6.66. The Morgan fingerprint density at radius 2 is 1.96 bits per heavy atom. The topological polar surface area (TPSA) is 63.9 Å². The molecule has 1 atom stereocenters. The molecule has 4 rings (SSSR count). The summed E-state index contributed by atoms with van der Waals surface area (Å²) in [6.07, 6.45) is 8.10. The Bertz CT molecular complexity index is 934. The Labute approximate surface area is 152 Å². The van der Waals surface area contributed by atoms with Gasteiger partial charge in [-0.2, -0.15) is 0 Å². The van der Waals surface area contributed by atoms with Gasteiger partial charge in [0.05, 0.1) is 11.6 Å². The first-order valence-corrected chi connectivity index (χ1v) is 8.80. The molecule has 0 saturated carbocycles. The number of nitrogens with zero attached hydrogens (tertiary/aromatic N) is 5.